The summed E-state index contributed by atoms with van der Waals surface area (Å²) in [6, 6.07) is 4.24. The maximum atomic E-state index is 13.5. The summed E-state index contributed by atoms with van der Waals surface area (Å²) in [5.74, 6) is -0.406. The monoisotopic (exact) mass is 358 g/mol. The molecule has 1 aliphatic heterocycles. The lowest BCUT2D eigenvalue weighted by Gasteiger charge is -2.14. The fourth-order valence-electron chi connectivity index (χ4n) is 3.54. The number of furan rings is 1. The minimum Gasteiger partial charge on any atom is -0.451 e. The highest BCUT2D eigenvalue weighted by atomic mass is 19.1. The molecule has 1 saturated heterocycles. The Morgan fingerprint density at radius 3 is 2.88 bits per heavy atom. The maximum Gasteiger partial charge on any atom is 0.289 e. The Bertz CT molecular complexity index is 980. The van der Waals surface area contributed by atoms with Gasteiger partial charge in [-0.1, -0.05) is 5.21 Å². The van der Waals surface area contributed by atoms with Crippen molar-refractivity contribution in [1.29, 1.82) is 0 Å². The number of carbonyl (C=O) groups is 1. The van der Waals surface area contributed by atoms with Gasteiger partial charge in [-0.15, -0.1) is 5.10 Å². The van der Waals surface area contributed by atoms with Crippen molar-refractivity contribution >= 4 is 16.9 Å². The summed E-state index contributed by atoms with van der Waals surface area (Å²) in [6.45, 7) is 2.66. The molecule has 0 aliphatic carbocycles. The predicted octanol–water partition coefficient (Wildman–Crippen LogP) is 2.26. The van der Waals surface area contributed by atoms with Crippen molar-refractivity contribution in [1.82, 2.24) is 19.9 Å². The first-order chi connectivity index (χ1) is 12.5. The van der Waals surface area contributed by atoms with E-state index in [2.05, 4.69) is 10.3 Å². The number of halogens is 1. The van der Waals surface area contributed by atoms with Gasteiger partial charge in [0.15, 0.2) is 5.76 Å². The average molecular weight is 358 g/mol. The van der Waals surface area contributed by atoms with Gasteiger partial charge in [-0.05, 0) is 25.1 Å². The van der Waals surface area contributed by atoms with Crippen LogP contribution in [0.4, 0.5) is 4.39 Å². The van der Waals surface area contributed by atoms with Crippen LogP contribution in [0, 0.1) is 12.7 Å². The smallest absolute Gasteiger partial charge is 0.289 e. The molecule has 2 atom stereocenters. The predicted molar refractivity (Wildman–Crippen MR) is 91.4 cm³/mol. The second kappa shape index (κ2) is 6.21. The molecule has 0 bridgehead atoms. The summed E-state index contributed by atoms with van der Waals surface area (Å²) in [7, 11) is 3.42. The van der Waals surface area contributed by atoms with Gasteiger partial charge in [-0.2, -0.15) is 0 Å². The fourth-order valence-corrected chi connectivity index (χ4v) is 3.54. The third-order valence-corrected chi connectivity index (χ3v) is 4.95. The van der Waals surface area contributed by atoms with Crippen LogP contribution in [-0.4, -0.2) is 52.1 Å². The van der Waals surface area contributed by atoms with Crippen LogP contribution in [0.1, 0.15) is 27.7 Å². The number of amides is 1. The Morgan fingerprint density at radius 1 is 1.38 bits per heavy atom. The number of methoxy groups -OCH3 is 1. The molecule has 3 heterocycles. The van der Waals surface area contributed by atoms with Gasteiger partial charge in [0, 0.05) is 44.4 Å². The molecule has 1 aliphatic rings. The number of likely N-dealkylation sites (tertiary alicyclic amines) is 1. The molecule has 136 valence electrons. The summed E-state index contributed by atoms with van der Waals surface area (Å²) < 4.78 is 26.4. The summed E-state index contributed by atoms with van der Waals surface area (Å²) >= 11 is 0. The number of benzene rings is 1. The molecule has 1 amide bonds. The molecule has 2 aromatic heterocycles. The van der Waals surface area contributed by atoms with Crippen LogP contribution in [0.25, 0.3) is 11.0 Å². The number of nitrogens with zero attached hydrogens (tertiary/aromatic N) is 4. The van der Waals surface area contributed by atoms with Crippen LogP contribution >= 0.6 is 0 Å². The number of carbonyl (C=O) groups excluding carboxylic acids is 1. The molecule has 0 saturated carbocycles. The van der Waals surface area contributed by atoms with Gasteiger partial charge in [0.2, 0.25) is 0 Å². The standard InChI is InChI=1S/C18H19FN4O3/c1-10-12-6-11(19)4-5-15(12)26-17(10)18(24)23-7-13(16(9-23)25-3)14-8-22(2)21-20-14/h4-6,8,13,16H,7,9H2,1-3H3/t13-,16+/m0/s1. The molecule has 0 N–H and O–H groups in total. The third-order valence-electron chi connectivity index (χ3n) is 4.95. The number of ether oxygens (including phenoxy) is 1. The Morgan fingerprint density at radius 2 is 2.19 bits per heavy atom. The highest BCUT2D eigenvalue weighted by molar-refractivity contribution is 5.99. The van der Waals surface area contributed by atoms with E-state index in [0.29, 0.717) is 29.6 Å². The van der Waals surface area contributed by atoms with Crippen molar-refractivity contribution in [3.8, 4) is 0 Å². The molecule has 3 aromatic rings. The second-order valence-corrected chi connectivity index (χ2v) is 6.60. The van der Waals surface area contributed by atoms with Gasteiger partial charge in [0.05, 0.1) is 17.7 Å². The molecule has 0 unspecified atom stereocenters. The SMILES string of the molecule is CO[C@@H]1CN(C(=O)c2oc3ccc(F)cc3c2C)C[C@H]1c1cn(C)nn1. The summed E-state index contributed by atoms with van der Waals surface area (Å²) in [6.07, 6.45) is 1.66. The van der Waals surface area contributed by atoms with Crippen LogP contribution < -0.4 is 0 Å². The Kier molecular flexibility index (Phi) is 3.99. The van der Waals surface area contributed by atoms with Gasteiger partial charge in [0.25, 0.3) is 5.91 Å². The van der Waals surface area contributed by atoms with E-state index in [1.165, 1.54) is 12.1 Å². The van der Waals surface area contributed by atoms with Gasteiger partial charge in [0.1, 0.15) is 11.4 Å². The van der Waals surface area contributed by atoms with E-state index in [1.807, 2.05) is 6.20 Å². The lowest BCUT2D eigenvalue weighted by atomic mass is 10.0. The van der Waals surface area contributed by atoms with Gasteiger partial charge < -0.3 is 14.1 Å². The van der Waals surface area contributed by atoms with E-state index in [4.69, 9.17) is 9.15 Å². The van der Waals surface area contributed by atoms with Crippen molar-refractivity contribution in [2.75, 3.05) is 20.2 Å². The number of aryl methyl sites for hydroxylation is 2. The van der Waals surface area contributed by atoms with E-state index in [-0.39, 0.29) is 29.5 Å². The highest BCUT2D eigenvalue weighted by Gasteiger charge is 2.39. The summed E-state index contributed by atoms with van der Waals surface area (Å²) in [4.78, 5) is 14.7. The molecule has 0 spiro atoms. The number of aromatic nitrogens is 3. The van der Waals surface area contributed by atoms with E-state index in [1.54, 1.807) is 36.7 Å². The van der Waals surface area contributed by atoms with Crippen molar-refractivity contribution in [2.45, 2.75) is 18.9 Å². The third kappa shape index (κ3) is 2.66. The average Bonchev–Trinajstić information content (AvgIpc) is 3.32. The second-order valence-electron chi connectivity index (χ2n) is 6.60. The van der Waals surface area contributed by atoms with Crippen LogP contribution in [-0.2, 0) is 11.8 Å². The van der Waals surface area contributed by atoms with E-state index < -0.39 is 0 Å². The van der Waals surface area contributed by atoms with Gasteiger partial charge in [-0.3, -0.25) is 9.48 Å². The molecule has 1 aromatic carbocycles. The summed E-state index contributed by atoms with van der Waals surface area (Å²) in [5, 5.41) is 8.73. The Balaban J connectivity index is 1.63. The first-order valence-electron chi connectivity index (χ1n) is 8.35. The van der Waals surface area contributed by atoms with Crippen LogP contribution in [0.3, 0.4) is 0 Å². The number of hydrogen-bond acceptors (Lipinski definition) is 5. The number of hydrogen-bond donors (Lipinski definition) is 0. The fraction of sp³-hybridized carbons (Fsp3) is 0.389. The molecule has 0 radical (unpaired) electrons. The summed E-state index contributed by atoms with van der Waals surface area (Å²) in [5.41, 5.74) is 1.93. The molecule has 26 heavy (non-hydrogen) atoms. The van der Waals surface area contributed by atoms with Crippen molar-refractivity contribution in [2.24, 2.45) is 7.05 Å². The van der Waals surface area contributed by atoms with E-state index >= 15 is 0 Å². The zero-order valence-corrected chi connectivity index (χ0v) is 14.8. The Hall–Kier alpha value is -2.74. The number of rotatable bonds is 3. The van der Waals surface area contributed by atoms with E-state index in [0.717, 1.165) is 5.69 Å². The van der Waals surface area contributed by atoms with Crippen LogP contribution in [0.2, 0.25) is 0 Å². The molecular formula is C18H19FN4O3. The molecule has 7 nitrogen and oxygen atoms in total. The topological polar surface area (TPSA) is 73.4 Å². The largest absolute Gasteiger partial charge is 0.451 e. The van der Waals surface area contributed by atoms with Gasteiger partial charge >= 0.3 is 0 Å². The van der Waals surface area contributed by atoms with Gasteiger partial charge in [-0.25, -0.2) is 4.39 Å². The minimum absolute atomic E-state index is 0.0558. The lowest BCUT2D eigenvalue weighted by Crippen LogP contribution is -2.30. The van der Waals surface area contributed by atoms with Crippen molar-refractivity contribution in [3.63, 3.8) is 0 Å². The van der Waals surface area contributed by atoms with E-state index in [9.17, 15) is 9.18 Å². The van der Waals surface area contributed by atoms with Crippen LogP contribution in [0.5, 0.6) is 0 Å². The zero-order chi connectivity index (χ0) is 18.4. The number of fused-ring (bicyclic) bond motifs is 1. The minimum atomic E-state index is -0.358. The van der Waals surface area contributed by atoms with Crippen molar-refractivity contribution < 1.29 is 18.3 Å². The molecule has 8 heteroatoms. The highest BCUT2D eigenvalue weighted by Crippen LogP contribution is 2.32. The molecule has 1 fully saturated rings. The van der Waals surface area contributed by atoms with Crippen LogP contribution in [0.15, 0.2) is 28.8 Å². The first kappa shape index (κ1) is 16.7. The first-order valence-corrected chi connectivity index (χ1v) is 8.35. The zero-order valence-electron chi connectivity index (χ0n) is 14.8. The quantitative estimate of drug-likeness (QED) is 0.718. The maximum absolute atomic E-state index is 13.5. The molecular weight excluding hydrogens is 339 g/mol. The Labute approximate surface area is 149 Å². The molecule has 4 rings (SSSR count). The lowest BCUT2D eigenvalue weighted by molar-refractivity contribution is 0.0689. The van der Waals surface area contributed by atoms with Crippen molar-refractivity contribution in [3.05, 3.63) is 47.2 Å². The normalized spacial score (nSPS) is 20.2.